The zero-order valence-electron chi connectivity index (χ0n) is 68.1. The normalized spacial score (nSPS) is 20.4. The summed E-state index contributed by atoms with van der Waals surface area (Å²) in [5.74, 6) is -30.8. The number of carboxylic acid groups (broad SMARTS) is 4. The first-order valence-electron chi connectivity index (χ1n) is 39.5. The molecule has 0 saturated carbocycles. The summed E-state index contributed by atoms with van der Waals surface area (Å²) in [5, 5.41) is 81.9. The molecular formula is C79H104IN17O27. The van der Waals surface area contributed by atoms with E-state index in [2.05, 4.69) is 70.4 Å². The van der Waals surface area contributed by atoms with Gasteiger partial charge in [-0.15, -0.1) is 0 Å². The maximum atomic E-state index is 15.0. The molecule has 15 amide bonds. The first-order chi connectivity index (χ1) is 58.7. The Hall–Kier alpha value is -13.2. The SMILES string of the molecule is CCCCCCCCCC(=O)N[C@@H](Cc1c[nH]c2ccccc12)C(=O)N[C@@H](CC(N)=O)C(=O)N[C@@H](CC(=O)O)C(=O)NC1C(=O)NCC(=O)N[C@@H](CCCNC(=O)c2ccccc2I)C(=O)NC(CC(=O)O)C(=O)N[C@H](C)C(=O)N[C@@H](CC(=O)O)C(=O)NCC(=O)N[C@H](CO)C(=O)NC([C@H](C)CC(=O)O)C(=O)N[C@@H](CC(=O)c2ccccc2N)C(=O)OC1C. The number of benzene rings is 3. The van der Waals surface area contributed by atoms with Gasteiger partial charge >= 0.3 is 29.8 Å². The monoisotopic (exact) mass is 1850 g/mol. The van der Waals surface area contributed by atoms with E-state index >= 15 is 0 Å². The summed E-state index contributed by atoms with van der Waals surface area (Å²) in [7, 11) is 0. The van der Waals surface area contributed by atoms with Crippen molar-refractivity contribution in [2.75, 3.05) is 32.0 Å². The van der Waals surface area contributed by atoms with Crippen molar-refractivity contribution in [2.24, 2.45) is 11.7 Å². The number of carbonyl (C=O) groups excluding carboxylic acids is 17. The number of aromatic nitrogens is 1. The number of nitrogen functional groups attached to an aromatic ring is 1. The number of aliphatic hydroxyl groups is 1. The number of unbranched alkanes of at least 4 members (excludes halogenated alkanes) is 6. The van der Waals surface area contributed by atoms with Crippen molar-refractivity contribution in [2.45, 2.75) is 209 Å². The highest BCUT2D eigenvalue weighted by molar-refractivity contribution is 14.1. The standard InChI is InChI=1S/C79H104IN17O27/c1-5-6-7-8-9-10-11-26-59(101)89-50(29-42-35-84-48-24-17-14-19-43(42)48)73(117)92-51(31-58(82)100)74(118)94-54(34-65(110)111)75(119)97-67-41(4)124-79(123)55(30-57(99)45-21-13-16-23-47(45)81)95-78(122)66(39(2)28-62(104)105)96-76(120)56(38-98)90-61(103)36-85-70(114)52(32-63(106)107)91-68(112)40(3)87-72(116)53(33-64(108)109)93-71(115)49(88-60(102)37-86-77(67)121)25-18-27-83-69(113)44-20-12-15-22-46(44)80/h12-17,19-24,35,39-41,49-56,66-67,84,98H,5-11,18,25-34,36-38,81H2,1-4H3,(H2,82,100)(H,83,113)(H,85,114)(H,86,121)(H,87,116)(H,88,102)(H,89,101)(H,90,103)(H,91,112)(H,92,117)(H,93,115)(H,94,118)(H,95,122)(H,96,120)(H,97,119)(H,104,105)(H,106,107)(H,108,109)(H,110,111)/t39-,40-,41?,49+,50+,51+,52+,53?,54+,55+,56-,66?,67?/m1/s1. The number of carboxylic acids is 4. The third-order valence-electron chi connectivity index (χ3n) is 19.2. The average Bonchev–Trinajstić information content (AvgIpc) is 1.67. The van der Waals surface area contributed by atoms with Crippen LogP contribution in [0.4, 0.5) is 5.69 Å². The first kappa shape index (κ1) is 101. The number of cyclic esters (lactones) is 1. The molecule has 1 aliphatic rings. The van der Waals surface area contributed by atoms with E-state index in [4.69, 9.17) is 16.2 Å². The van der Waals surface area contributed by atoms with E-state index in [1.807, 2.05) is 38.5 Å². The number of carbonyl (C=O) groups is 21. The minimum absolute atomic E-state index is 0.0290. The molecule has 0 bridgehead atoms. The number of anilines is 1. The zero-order chi connectivity index (χ0) is 92.0. The Morgan fingerprint density at radius 2 is 1.08 bits per heavy atom. The second-order valence-electron chi connectivity index (χ2n) is 29.2. The molecule has 45 heteroatoms. The van der Waals surface area contributed by atoms with E-state index in [0.717, 1.165) is 52.9 Å². The molecule has 44 nitrogen and oxygen atoms in total. The van der Waals surface area contributed by atoms with E-state index in [1.54, 1.807) is 48.7 Å². The maximum absolute atomic E-state index is 15.0. The molecule has 1 fully saturated rings. The number of aliphatic hydroxyl groups excluding tert-OH is 1. The highest BCUT2D eigenvalue weighted by Crippen LogP contribution is 2.22. The lowest BCUT2D eigenvalue weighted by Gasteiger charge is -2.30. The molecule has 1 aromatic heterocycles. The molecule has 674 valence electrons. The van der Waals surface area contributed by atoms with Crippen LogP contribution in [-0.4, -0.2) is 254 Å². The number of aliphatic carboxylic acids is 4. The van der Waals surface area contributed by atoms with Crippen LogP contribution in [0.15, 0.2) is 79.0 Å². The molecule has 0 radical (unpaired) electrons. The number of hydrogen-bond donors (Lipinski definition) is 22. The smallest absolute Gasteiger partial charge is 0.329 e. The number of rotatable bonds is 37. The van der Waals surface area contributed by atoms with Crippen LogP contribution in [0.5, 0.6) is 0 Å². The van der Waals surface area contributed by atoms with Crippen LogP contribution in [0.1, 0.15) is 157 Å². The number of nitrogens with one attached hydrogen (secondary N) is 15. The van der Waals surface area contributed by atoms with Crippen molar-refractivity contribution >= 4 is 163 Å². The number of ether oxygens (including phenoxy) is 1. The Bertz CT molecular complexity index is 4580. The van der Waals surface area contributed by atoms with Gasteiger partial charge in [0.1, 0.15) is 72.6 Å². The first-order valence-corrected chi connectivity index (χ1v) is 40.6. The molecule has 124 heavy (non-hydrogen) atoms. The predicted molar refractivity (Wildman–Crippen MR) is 443 cm³/mol. The number of ketones is 1. The highest BCUT2D eigenvalue weighted by Gasteiger charge is 2.41. The number of nitrogens with two attached hydrogens (primary N) is 2. The fourth-order valence-corrected chi connectivity index (χ4v) is 13.3. The van der Waals surface area contributed by atoms with Gasteiger partial charge in [0.2, 0.25) is 82.7 Å². The lowest BCUT2D eigenvalue weighted by molar-refractivity contribution is -0.156. The zero-order valence-corrected chi connectivity index (χ0v) is 70.3. The predicted octanol–water partition coefficient (Wildman–Crippen LogP) is -3.55. The van der Waals surface area contributed by atoms with Crippen LogP contribution in [0.25, 0.3) is 10.9 Å². The fourth-order valence-electron chi connectivity index (χ4n) is 12.7. The van der Waals surface area contributed by atoms with E-state index in [-0.39, 0.29) is 42.6 Å². The molecule has 4 aromatic rings. The topological polar surface area (TPSA) is 705 Å². The molecule has 1 saturated heterocycles. The number of amides is 15. The summed E-state index contributed by atoms with van der Waals surface area (Å²) in [6.07, 6.45) is -2.83. The second-order valence-corrected chi connectivity index (χ2v) is 30.4. The van der Waals surface area contributed by atoms with Gasteiger partial charge in [-0.1, -0.05) is 94.8 Å². The molecule has 0 spiro atoms. The van der Waals surface area contributed by atoms with Gasteiger partial charge in [-0.3, -0.25) is 95.9 Å². The van der Waals surface area contributed by atoms with Crippen LogP contribution in [0.3, 0.4) is 0 Å². The minimum Gasteiger partial charge on any atom is -0.481 e. The lowest BCUT2D eigenvalue weighted by atomic mass is 9.96. The summed E-state index contributed by atoms with van der Waals surface area (Å²) in [6.45, 7) is 0.924. The number of halogens is 1. The summed E-state index contributed by atoms with van der Waals surface area (Å²) < 4.78 is 6.25. The second kappa shape index (κ2) is 50.9. The molecule has 24 N–H and O–H groups in total. The van der Waals surface area contributed by atoms with E-state index in [1.165, 1.54) is 30.3 Å². The average molecular weight is 1850 g/mol. The van der Waals surface area contributed by atoms with Crippen molar-refractivity contribution in [3.63, 3.8) is 0 Å². The van der Waals surface area contributed by atoms with Gasteiger partial charge in [0.15, 0.2) is 5.78 Å². The number of Topliss-reactive ketones (excluding diaryl/α,β-unsaturated/α-hetero) is 1. The van der Waals surface area contributed by atoms with Gasteiger partial charge in [-0.25, -0.2) is 4.79 Å². The Balaban J connectivity index is 1.64. The van der Waals surface area contributed by atoms with Crippen molar-refractivity contribution in [1.29, 1.82) is 0 Å². The van der Waals surface area contributed by atoms with Gasteiger partial charge in [0, 0.05) is 57.7 Å². The number of fused-ring (bicyclic) bond motifs is 1. The van der Waals surface area contributed by atoms with Crippen LogP contribution in [0, 0.1) is 9.49 Å². The lowest BCUT2D eigenvalue weighted by Crippen LogP contribution is -2.62. The van der Waals surface area contributed by atoms with Gasteiger partial charge in [-0.05, 0) is 97.5 Å². The van der Waals surface area contributed by atoms with E-state index in [0.29, 0.717) is 32.9 Å². The summed E-state index contributed by atoms with van der Waals surface area (Å²) in [5.41, 5.74) is 12.6. The number of primary amides is 1. The van der Waals surface area contributed by atoms with Crippen molar-refractivity contribution in [3.05, 3.63) is 99.3 Å². The number of para-hydroxylation sites is 2. The van der Waals surface area contributed by atoms with Crippen LogP contribution in [0.2, 0.25) is 0 Å². The summed E-state index contributed by atoms with van der Waals surface area (Å²) in [6, 6.07) is -4.66. The molecule has 5 rings (SSSR count). The Morgan fingerprint density at radius 3 is 1.69 bits per heavy atom. The molecule has 0 aliphatic carbocycles. The van der Waals surface area contributed by atoms with E-state index in [9.17, 15) is 126 Å². The van der Waals surface area contributed by atoms with E-state index < -0.39 is 267 Å². The Labute approximate surface area is 722 Å². The fraction of sp³-hybridized carbons (Fsp3) is 0.481. The molecule has 3 aromatic carbocycles. The summed E-state index contributed by atoms with van der Waals surface area (Å²) in [4.78, 5) is 292. The Morgan fingerprint density at radius 1 is 0.540 bits per heavy atom. The van der Waals surface area contributed by atoms with Crippen molar-refractivity contribution in [1.82, 2.24) is 79.4 Å². The van der Waals surface area contributed by atoms with Gasteiger partial charge in [0.05, 0.1) is 57.4 Å². The molecule has 4 unspecified atom stereocenters. The van der Waals surface area contributed by atoms with Crippen molar-refractivity contribution in [3.8, 4) is 0 Å². The van der Waals surface area contributed by atoms with Crippen LogP contribution < -0.4 is 85.9 Å². The van der Waals surface area contributed by atoms with Gasteiger partial charge < -0.3 is 121 Å². The quantitative estimate of drug-likeness (QED) is 0.00683. The third-order valence-corrected chi connectivity index (χ3v) is 20.2. The molecular weight excluding hydrogens is 1750 g/mol. The molecule has 1 aliphatic heterocycles. The molecule has 2 heterocycles. The number of aromatic amines is 1. The number of hydrogen-bond acceptors (Lipinski definition) is 24. The minimum atomic E-state index is -2.49. The van der Waals surface area contributed by atoms with Crippen LogP contribution in [-0.2, 0) is 102 Å². The van der Waals surface area contributed by atoms with Crippen LogP contribution >= 0.6 is 22.6 Å². The Kier molecular flexibility index (Phi) is 41.6. The van der Waals surface area contributed by atoms with Gasteiger partial charge in [0.25, 0.3) is 5.91 Å². The number of esters is 1. The van der Waals surface area contributed by atoms with Crippen molar-refractivity contribution < 1.29 is 131 Å². The highest BCUT2D eigenvalue weighted by atomic mass is 127. The summed E-state index contributed by atoms with van der Waals surface area (Å²) >= 11 is 1.90. The largest absolute Gasteiger partial charge is 0.481 e. The number of H-pyrrole nitrogens is 1. The third kappa shape index (κ3) is 34.0. The maximum Gasteiger partial charge on any atom is 0.329 e. The molecule has 13 atom stereocenters. The van der Waals surface area contributed by atoms with Gasteiger partial charge in [-0.2, -0.15) is 0 Å².